The third kappa shape index (κ3) is 2.52. The molecule has 4 heteroatoms. The smallest absolute Gasteiger partial charge is 0.247 e. The van der Waals surface area contributed by atoms with Gasteiger partial charge in [-0.3, -0.25) is 4.79 Å². The van der Waals surface area contributed by atoms with Crippen molar-refractivity contribution in [1.82, 2.24) is 0 Å². The Balaban J connectivity index is 2.89. The molecule has 1 aromatic carbocycles. The van der Waals surface area contributed by atoms with Crippen LogP contribution in [-0.2, 0) is 4.79 Å². The molecule has 0 fully saturated rings. The largest absolute Gasteiger partial charge is 0.508 e. The molecule has 0 aliphatic carbocycles. The number of phenols is 2. The summed E-state index contributed by atoms with van der Waals surface area (Å²) < 4.78 is 0. The van der Waals surface area contributed by atoms with Gasteiger partial charge in [-0.25, -0.2) is 0 Å². The average molecular weight is 179 g/mol. The van der Waals surface area contributed by atoms with Gasteiger partial charge in [0.15, 0.2) is 0 Å². The Morgan fingerprint density at radius 2 is 1.85 bits per heavy atom. The molecule has 4 nitrogen and oxygen atoms in total. The minimum atomic E-state index is -0.398. The highest BCUT2D eigenvalue weighted by Gasteiger charge is 2.00. The highest BCUT2D eigenvalue weighted by atomic mass is 16.3. The van der Waals surface area contributed by atoms with Crippen molar-refractivity contribution < 1.29 is 15.0 Å². The molecule has 68 valence electrons. The molecule has 0 bridgehead atoms. The van der Waals surface area contributed by atoms with Crippen LogP contribution in [0.5, 0.6) is 11.5 Å². The molecule has 0 saturated carbocycles. The van der Waals surface area contributed by atoms with Crippen molar-refractivity contribution in [3.8, 4) is 11.5 Å². The van der Waals surface area contributed by atoms with Gasteiger partial charge in [0.1, 0.15) is 11.5 Å². The lowest BCUT2D eigenvalue weighted by molar-refractivity contribution is -0.111. The van der Waals surface area contributed by atoms with E-state index < -0.39 is 5.91 Å². The topological polar surface area (TPSA) is 69.6 Å². The number of nitrogens with one attached hydrogen (secondary N) is 1. The Morgan fingerprint density at radius 3 is 2.31 bits per heavy atom. The molecular weight excluding hydrogens is 170 g/mol. The van der Waals surface area contributed by atoms with Crippen LogP contribution in [0.15, 0.2) is 30.9 Å². The number of hydrogen-bond donors (Lipinski definition) is 3. The first kappa shape index (κ1) is 9.12. The van der Waals surface area contributed by atoms with E-state index in [-0.39, 0.29) is 11.5 Å². The summed E-state index contributed by atoms with van der Waals surface area (Å²) in [7, 11) is 0. The maximum atomic E-state index is 10.8. The van der Waals surface area contributed by atoms with Crippen LogP contribution in [0.25, 0.3) is 0 Å². The second-order valence-corrected chi connectivity index (χ2v) is 2.43. The molecule has 3 N–H and O–H groups in total. The van der Waals surface area contributed by atoms with Gasteiger partial charge >= 0.3 is 0 Å². The van der Waals surface area contributed by atoms with Crippen molar-refractivity contribution in [3.63, 3.8) is 0 Å². The standard InChI is InChI=1S/C9H9NO3/c1-2-9(13)10-6-3-7(11)5-8(12)4-6/h2-5,11-12H,1H2,(H,10,13). The summed E-state index contributed by atoms with van der Waals surface area (Å²) in [6, 6.07) is 3.81. The van der Waals surface area contributed by atoms with Crippen molar-refractivity contribution >= 4 is 11.6 Å². The molecule has 13 heavy (non-hydrogen) atoms. The first-order valence-corrected chi connectivity index (χ1v) is 3.58. The second-order valence-electron chi connectivity index (χ2n) is 2.43. The van der Waals surface area contributed by atoms with E-state index >= 15 is 0 Å². The zero-order chi connectivity index (χ0) is 9.84. The van der Waals surface area contributed by atoms with Gasteiger partial charge < -0.3 is 15.5 Å². The molecule has 0 radical (unpaired) electrons. The Kier molecular flexibility index (Phi) is 2.54. The van der Waals surface area contributed by atoms with Crippen molar-refractivity contribution in [2.75, 3.05) is 5.32 Å². The quantitative estimate of drug-likeness (QED) is 0.598. The molecule has 0 unspecified atom stereocenters. The van der Waals surface area contributed by atoms with Gasteiger partial charge in [0.25, 0.3) is 0 Å². The number of benzene rings is 1. The first-order chi connectivity index (χ1) is 6.11. The van der Waals surface area contributed by atoms with E-state index in [2.05, 4.69) is 11.9 Å². The van der Waals surface area contributed by atoms with Crippen LogP contribution >= 0.6 is 0 Å². The Bertz CT molecular complexity index is 326. The average Bonchev–Trinajstić information content (AvgIpc) is 2.02. The number of anilines is 1. The highest BCUT2D eigenvalue weighted by Crippen LogP contribution is 2.23. The molecule has 1 aromatic rings. The molecular formula is C9H9NO3. The van der Waals surface area contributed by atoms with Gasteiger partial charge in [-0.15, -0.1) is 0 Å². The zero-order valence-corrected chi connectivity index (χ0v) is 6.82. The summed E-state index contributed by atoms with van der Waals surface area (Å²) in [5, 5.41) is 20.5. The van der Waals surface area contributed by atoms with Crippen molar-refractivity contribution in [3.05, 3.63) is 30.9 Å². The fraction of sp³-hybridized carbons (Fsp3) is 0. The number of phenolic OH excluding ortho intramolecular Hbond substituents is 2. The second kappa shape index (κ2) is 3.62. The first-order valence-electron chi connectivity index (χ1n) is 3.58. The monoisotopic (exact) mass is 179 g/mol. The molecule has 0 atom stereocenters. The zero-order valence-electron chi connectivity index (χ0n) is 6.82. The van der Waals surface area contributed by atoms with Gasteiger partial charge in [-0.2, -0.15) is 0 Å². The van der Waals surface area contributed by atoms with E-state index in [9.17, 15) is 4.79 Å². The molecule has 0 aliphatic rings. The highest BCUT2D eigenvalue weighted by molar-refractivity contribution is 5.99. The van der Waals surface area contributed by atoms with Crippen LogP contribution in [0.1, 0.15) is 0 Å². The van der Waals surface area contributed by atoms with Crippen LogP contribution in [0, 0.1) is 0 Å². The van der Waals surface area contributed by atoms with Crippen molar-refractivity contribution in [2.45, 2.75) is 0 Å². The Labute approximate surface area is 75.1 Å². The van der Waals surface area contributed by atoms with Gasteiger partial charge in [0.05, 0.1) is 0 Å². The lowest BCUT2D eigenvalue weighted by Gasteiger charge is -2.03. The lowest BCUT2D eigenvalue weighted by Crippen LogP contribution is -2.06. The summed E-state index contributed by atoms with van der Waals surface area (Å²) in [4.78, 5) is 10.8. The fourth-order valence-electron chi connectivity index (χ4n) is 0.861. The van der Waals surface area contributed by atoms with Crippen molar-refractivity contribution in [2.24, 2.45) is 0 Å². The van der Waals surface area contributed by atoms with E-state index in [1.807, 2.05) is 0 Å². The van der Waals surface area contributed by atoms with Crippen LogP contribution < -0.4 is 5.32 Å². The van der Waals surface area contributed by atoms with Crippen LogP contribution in [-0.4, -0.2) is 16.1 Å². The van der Waals surface area contributed by atoms with Crippen LogP contribution in [0.2, 0.25) is 0 Å². The molecule has 0 heterocycles. The number of carbonyl (C=O) groups is 1. The molecule has 0 aliphatic heterocycles. The molecule has 1 amide bonds. The number of rotatable bonds is 2. The third-order valence-corrected chi connectivity index (χ3v) is 1.36. The van der Waals surface area contributed by atoms with Gasteiger partial charge in [0, 0.05) is 23.9 Å². The summed E-state index contributed by atoms with van der Waals surface area (Å²) >= 11 is 0. The minimum absolute atomic E-state index is 0.112. The van der Waals surface area contributed by atoms with Crippen LogP contribution in [0.3, 0.4) is 0 Å². The Hall–Kier alpha value is -1.97. The fourth-order valence-corrected chi connectivity index (χ4v) is 0.861. The van der Waals surface area contributed by atoms with Crippen LogP contribution in [0.4, 0.5) is 5.69 Å². The molecule has 0 spiro atoms. The SMILES string of the molecule is C=CC(=O)Nc1cc(O)cc(O)c1. The molecule has 1 rings (SSSR count). The predicted molar refractivity (Wildman–Crippen MR) is 48.6 cm³/mol. The number of hydrogen-bond acceptors (Lipinski definition) is 3. The maximum Gasteiger partial charge on any atom is 0.247 e. The summed E-state index contributed by atoms with van der Waals surface area (Å²) in [5.41, 5.74) is 0.322. The predicted octanol–water partition coefficient (Wildman–Crippen LogP) is 1.22. The van der Waals surface area contributed by atoms with Gasteiger partial charge in [-0.05, 0) is 6.08 Å². The van der Waals surface area contributed by atoms with E-state index in [4.69, 9.17) is 10.2 Å². The maximum absolute atomic E-state index is 10.8. The summed E-state index contributed by atoms with van der Waals surface area (Å²) in [5.74, 6) is -0.622. The third-order valence-electron chi connectivity index (χ3n) is 1.36. The van der Waals surface area contributed by atoms with E-state index in [0.29, 0.717) is 5.69 Å². The molecule has 0 saturated heterocycles. The number of carbonyl (C=O) groups excluding carboxylic acids is 1. The molecule has 0 aromatic heterocycles. The van der Waals surface area contributed by atoms with E-state index in [1.165, 1.54) is 18.2 Å². The van der Waals surface area contributed by atoms with E-state index in [1.54, 1.807) is 0 Å². The van der Waals surface area contributed by atoms with Gasteiger partial charge in [0.2, 0.25) is 5.91 Å². The van der Waals surface area contributed by atoms with E-state index in [0.717, 1.165) is 6.08 Å². The summed E-state index contributed by atoms with van der Waals surface area (Å²) in [6.45, 7) is 3.26. The number of amides is 1. The van der Waals surface area contributed by atoms with Crippen molar-refractivity contribution in [1.29, 1.82) is 0 Å². The summed E-state index contributed by atoms with van der Waals surface area (Å²) in [6.07, 6.45) is 1.10. The lowest BCUT2D eigenvalue weighted by atomic mass is 10.3. The minimum Gasteiger partial charge on any atom is -0.508 e. The van der Waals surface area contributed by atoms with Gasteiger partial charge in [-0.1, -0.05) is 6.58 Å². The number of aromatic hydroxyl groups is 2. The Morgan fingerprint density at radius 1 is 1.31 bits per heavy atom. The normalized spacial score (nSPS) is 9.23.